The van der Waals surface area contributed by atoms with Crippen molar-refractivity contribution in [2.24, 2.45) is 46.3 Å². The van der Waals surface area contributed by atoms with Gasteiger partial charge in [-0.25, -0.2) is 0 Å². The number of hydrogen-bond acceptors (Lipinski definition) is 1. The number of fused-ring (bicyclic) bond motifs is 5. The van der Waals surface area contributed by atoms with E-state index in [0.717, 1.165) is 36.5 Å². The topological polar surface area (TPSA) is 20.2 Å². The normalized spacial score (nSPS) is 46.6. The molecule has 0 bridgehead atoms. The van der Waals surface area contributed by atoms with Crippen LogP contribution in [0.15, 0.2) is 23.8 Å². The van der Waals surface area contributed by atoms with Crippen LogP contribution in [-0.2, 0) is 0 Å². The Labute approximate surface area is 180 Å². The van der Waals surface area contributed by atoms with Gasteiger partial charge in [0.15, 0.2) is 0 Å². The molecule has 0 aromatic carbocycles. The van der Waals surface area contributed by atoms with Crippen molar-refractivity contribution in [2.45, 2.75) is 105 Å². The molecule has 164 valence electrons. The van der Waals surface area contributed by atoms with Crippen molar-refractivity contribution >= 4 is 0 Å². The lowest BCUT2D eigenvalue weighted by molar-refractivity contribution is -0.0414. The standard InChI is InChI=1S/C28H46O/c1-6-7-19(2)8-9-20(3)24-12-13-25-23-11-10-21-18-22(29)14-16-27(21,4)26(23)15-17-28(24,25)5/h8-9,11,19-22,24-26,29H,6-7,10,12-18H2,1-5H3/b9-8+/t19-,20+,21-,22-,24+,25-,26-,27-,28+/m0/s1. The lowest BCUT2D eigenvalue weighted by atomic mass is 9.47. The first-order valence-electron chi connectivity index (χ1n) is 12.9. The average molecular weight is 399 g/mol. The summed E-state index contributed by atoms with van der Waals surface area (Å²) >= 11 is 0. The van der Waals surface area contributed by atoms with Crippen molar-refractivity contribution in [1.82, 2.24) is 0 Å². The van der Waals surface area contributed by atoms with Crippen molar-refractivity contribution < 1.29 is 5.11 Å². The second-order valence-electron chi connectivity index (χ2n) is 11.9. The van der Waals surface area contributed by atoms with Crippen molar-refractivity contribution in [3.05, 3.63) is 23.8 Å². The summed E-state index contributed by atoms with van der Waals surface area (Å²) in [5.74, 6) is 4.60. The summed E-state index contributed by atoms with van der Waals surface area (Å²) < 4.78 is 0. The third kappa shape index (κ3) is 3.68. The van der Waals surface area contributed by atoms with Crippen molar-refractivity contribution in [3.63, 3.8) is 0 Å². The molecule has 0 spiro atoms. The molecule has 0 radical (unpaired) electrons. The van der Waals surface area contributed by atoms with Gasteiger partial charge in [0.25, 0.3) is 0 Å². The van der Waals surface area contributed by atoms with E-state index in [2.05, 4.69) is 52.8 Å². The van der Waals surface area contributed by atoms with Gasteiger partial charge in [-0.1, -0.05) is 64.8 Å². The first-order valence-corrected chi connectivity index (χ1v) is 12.9. The number of aliphatic hydroxyl groups is 1. The smallest absolute Gasteiger partial charge is 0.0543 e. The van der Waals surface area contributed by atoms with Crippen LogP contribution in [0.4, 0.5) is 0 Å². The molecule has 0 saturated heterocycles. The second kappa shape index (κ2) is 8.18. The van der Waals surface area contributed by atoms with Crippen LogP contribution in [0.3, 0.4) is 0 Å². The van der Waals surface area contributed by atoms with Crippen molar-refractivity contribution in [1.29, 1.82) is 0 Å². The van der Waals surface area contributed by atoms with E-state index in [1.54, 1.807) is 0 Å². The minimum absolute atomic E-state index is 0.0459. The molecule has 3 fully saturated rings. The summed E-state index contributed by atoms with van der Waals surface area (Å²) in [4.78, 5) is 0. The third-order valence-corrected chi connectivity index (χ3v) is 10.2. The molecule has 29 heavy (non-hydrogen) atoms. The molecule has 9 atom stereocenters. The number of rotatable bonds is 5. The number of aliphatic hydroxyl groups excluding tert-OH is 1. The Hall–Kier alpha value is -0.560. The molecule has 0 amide bonds. The lowest BCUT2D eigenvalue weighted by Gasteiger charge is -2.57. The molecule has 1 N–H and O–H groups in total. The highest BCUT2D eigenvalue weighted by Gasteiger charge is 2.57. The van der Waals surface area contributed by atoms with Crippen LogP contribution in [0.5, 0.6) is 0 Å². The predicted octanol–water partition coefficient (Wildman–Crippen LogP) is 7.55. The average Bonchev–Trinajstić information content (AvgIpc) is 3.04. The maximum atomic E-state index is 10.2. The van der Waals surface area contributed by atoms with Gasteiger partial charge < -0.3 is 5.11 Å². The summed E-state index contributed by atoms with van der Waals surface area (Å²) in [7, 11) is 0. The Bertz CT molecular complexity index is 647. The summed E-state index contributed by atoms with van der Waals surface area (Å²) in [5.41, 5.74) is 2.80. The molecule has 0 aromatic heterocycles. The van der Waals surface area contributed by atoms with Crippen LogP contribution in [-0.4, -0.2) is 11.2 Å². The van der Waals surface area contributed by atoms with Gasteiger partial charge in [-0.15, -0.1) is 0 Å². The Kier molecular flexibility index (Phi) is 6.11. The zero-order chi connectivity index (χ0) is 20.8. The van der Waals surface area contributed by atoms with Crippen LogP contribution in [0, 0.1) is 46.3 Å². The minimum atomic E-state index is -0.0459. The van der Waals surface area contributed by atoms with Crippen molar-refractivity contribution in [2.75, 3.05) is 0 Å². The molecule has 0 aliphatic heterocycles. The van der Waals surface area contributed by atoms with Crippen LogP contribution >= 0.6 is 0 Å². The molecular formula is C28H46O. The molecular weight excluding hydrogens is 352 g/mol. The molecule has 1 nitrogen and oxygen atoms in total. The maximum absolute atomic E-state index is 10.2. The number of allylic oxidation sites excluding steroid dienone is 4. The molecule has 0 heterocycles. The van der Waals surface area contributed by atoms with Gasteiger partial charge in [-0.3, -0.25) is 0 Å². The number of hydrogen-bond donors (Lipinski definition) is 1. The first kappa shape index (κ1) is 21.7. The molecule has 1 heteroatoms. The Morgan fingerprint density at radius 3 is 2.52 bits per heavy atom. The highest BCUT2D eigenvalue weighted by Crippen LogP contribution is 2.66. The summed E-state index contributed by atoms with van der Waals surface area (Å²) in [5, 5.41) is 10.2. The quantitative estimate of drug-likeness (QED) is 0.474. The van der Waals surface area contributed by atoms with E-state index in [0.29, 0.717) is 22.7 Å². The van der Waals surface area contributed by atoms with E-state index < -0.39 is 0 Å². The van der Waals surface area contributed by atoms with Crippen molar-refractivity contribution in [3.8, 4) is 0 Å². The zero-order valence-electron chi connectivity index (χ0n) is 19.8. The van der Waals surface area contributed by atoms with Crippen LogP contribution in [0.1, 0.15) is 98.8 Å². The van der Waals surface area contributed by atoms with E-state index >= 15 is 0 Å². The Morgan fingerprint density at radius 1 is 1.03 bits per heavy atom. The summed E-state index contributed by atoms with van der Waals surface area (Å²) in [6, 6.07) is 0. The zero-order valence-corrected chi connectivity index (χ0v) is 19.8. The van der Waals surface area contributed by atoms with Gasteiger partial charge in [0.05, 0.1) is 6.10 Å². The summed E-state index contributed by atoms with van der Waals surface area (Å²) in [6.07, 6.45) is 20.5. The summed E-state index contributed by atoms with van der Waals surface area (Å²) in [6.45, 7) is 12.4. The van der Waals surface area contributed by atoms with Gasteiger partial charge in [0.2, 0.25) is 0 Å². The molecule has 4 aliphatic rings. The fourth-order valence-electron chi connectivity index (χ4n) is 8.44. The van der Waals surface area contributed by atoms with Gasteiger partial charge in [-0.2, -0.15) is 0 Å². The molecule has 0 unspecified atom stereocenters. The van der Waals surface area contributed by atoms with Gasteiger partial charge in [-0.05, 0) is 104 Å². The van der Waals surface area contributed by atoms with E-state index in [9.17, 15) is 5.11 Å². The largest absolute Gasteiger partial charge is 0.393 e. The lowest BCUT2D eigenvalue weighted by Crippen LogP contribution is -2.49. The Balaban J connectivity index is 1.52. The molecule has 4 rings (SSSR count). The van der Waals surface area contributed by atoms with E-state index in [1.807, 2.05) is 5.57 Å². The van der Waals surface area contributed by atoms with Gasteiger partial charge in [0.1, 0.15) is 0 Å². The van der Waals surface area contributed by atoms with Crippen LogP contribution in [0.2, 0.25) is 0 Å². The van der Waals surface area contributed by atoms with E-state index in [4.69, 9.17) is 0 Å². The molecule has 3 saturated carbocycles. The third-order valence-electron chi connectivity index (χ3n) is 10.2. The van der Waals surface area contributed by atoms with E-state index in [-0.39, 0.29) is 6.10 Å². The molecule has 4 aliphatic carbocycles. The Morgan fingerprint density at radius 2 is 1.76 bits per heavy atom. The SMILES string of the molecule is CCC[C@H](C)/C=C/[C@@H](C)[C@H]1CC[C@H]2C3=CC[C@H]4C[C@@H](O)CC[C@]4(C)[C@H]3CC[C@]12C. The van der Waals surface area contributed by atoms with E-state index in [1.165, 1.54) is 51.4 Å². The second-order valence-corrected chi connectivity index (χ2v) is 11.9. The van der Waals surface area contributed by atoms with Crippen LogP contribution in [0.25, 0.3) is 0 Å². The highest BCUT2D eigenvalue weighted by atomic mass is 16.3. The van der Waals surface area contributed by atoms with Crippen LogP contribution < -0.4 is 0 Å². The fourth-order valence-corrected chi connectivity index (χ4v) is 8.44. The first-order chi connectivity index (χ1) is 13.8. The minimum Gasteiger partial charge on any atom is -0.393 e. The highest BCUT2D eigenvalue weighted by molar-refractivity contribution is 5.28. The van der Waals surface area contributed by atoms with Gasteiger partial charge in [0, 0.05) is 0 Å². The van der Waals surface area contributed by atoms with Gasteiger partial charge >= 0.3 is 0 Å². The molecule has 0 aromatic rings. The monoisotopic (exact) mass is 398 g/mol. The maximum Gasteiger partial charge on any atom is 0.0543 e. The predicted molar refractivity (Wildman–Crippen MR) is 124 cm³/mol. The fraction of sp³-hybridized carbons (Fsp3) is 0.857.